The summed E-state index contributed by atoms with van der Waals surface area (Å²) in [6.45, 7) is 6.78. The van der Waals surface area contributed by atoms with E-state index in [2.05, 4.69) is 169 Å². The van der Waals surface area contributed by atoms with Crippen LogP contribution in [-0.4, -0.2) is 0 Å². The van der Waals surface area contributed by atoms with Gasteiger partial charge >= 0.3 is 0 Å². The van der Waals surface area contributed by atoms with Crippen molar-refractivity contribution in [1.82, 2.24) is 0 Å². The van der Waals surface area contributed by atoms with Gasteiger partial charge in [-0.1, -0.05) is 134 Å². The van der Waals surface area contributed by atoms with Crippen molar-refractivity contribution in [2.45, 2.75) is 26.2 Å². The predicted molar refractivity (Wildman–Crippen MR) is 168 cm³/mol. The van der Waals surface area contributed by atoms with Crippen LogP contribution in [0.25, 0.3) is 32.7 Å². The van der Waals surface area contributed by atoms with E-state index < -0.39 is 0 Å². The molecule has 0 aliphatic rings. The van der Waals surface area contributed by atoms with E-state index in [1.165, 1.54) is 43.9 Å². The summed E-state index contributed by atoms with van der Waals surface area (Å²) < 4.78 is 1.06. The lowest BCUT2D eigenvalue weighted by atomic mass is 9.87. The Hall–Kier alpha value is -3.88. The fraction of sp³-hybridized carbons (Fsp3) is 0.111. The molecule has 6 aromatic rings. The Morgan fingerprint density at radius 2 is 1.08 bits per heavy atom. The molecule has 0 N–H and O–H groups in total. The van der Waals surface area contributed by atoms with Gasteiger partial charge in [-0.3, -0.25) is 0 Å². The molecular weight excluding hydrogens is 526 g/mol. The summed E-state index contributed by atoms with van der Waals surface area (Å²) in [5.41, 5.74) is 7.37. The van der Waals surface area contributed by atoms with Crippen molar-refractivity contribution in [2.75, 3.05) is 4.90 Å². The van der Waals surface area contributed by atoms with Crippen LogP contribution in [0, 0.1) is 0 Å². The number of nitrogens with zero attached hydrogens (tertiary/aromatic N) is 1. The predicted octanol–water partition coefficient (Wildman–Crippen LogP) is 11.2. The molecule has 6 aromatic carbocycles. The summed E-state index contributed by atoms with van der Waals surface area (Å²) in [5.74, 6) is 0. The molecule has 0 heterocycles. The van der Waals surface area contributed by atoms with Crippen LogP contribution in [0.5, 0.6) is 0 Å². The van der Waals surface area contributed by atoms with Crippen LogP contribution < -0.4 is 4.90 Å². The maximum atomic E-state index is 3.73. The fourth-order valence-electron chi connectivity index (χ4n) is 5.40. The van der Waals surface area contributed by atoms with Crippen LogP contribution >= 0.6 is 15.9 Å². The smallest absolute Gasteiger partial charge is 0.0618 e. The van der Waals surface area contributed by atoms with Crippen molar-refractivity contribution in [1.29, 1.82) is 0 Å². The first-order chi connectivity index (χ1) is 18.4. The van der Waals surface area contributed by atoms with E-state index in [0.717, 1.165) is 15.8 Å². The van der Waals surface area contributed by atoms with Gasteiger partial charge in [0, 0.05) is 26.6 Å². The minimum absolute atomic E-state index is 0.0931. The standard InChI is InChI=1S/C36H30BrN/c1-36(2,3)26-20-22-28(23-21-26)38(29-15-11-14-27(37)24-29)35-32-18-9-7-16-30(32)34(25-12-5-4-6-13-25)31-17-8-10-19-33(31)35/h4-24H,1-3H3. The van der Waals surface area contributed by atoms with Crippen LogP contribution in [-0.2, 0) is 5.41 Å². The lowest BCUT2D eigenvalue weighted by molar-refractivity contribution is 0.590. The lowest BCUT2D eigenvalue weighted by Gasteiger charge is -2.30. The highest BCUT2D eigenvalue weighted by Gasteiger charge is 2.22. The molecule has 38 heavy (non-hydrogen) atoms. The number of rotatable bonds is 4. The van der Waals surface area contributed by atoms with Crippen molar-refractivity contribution < 1.29 is 0 Å². The van der Waals surface area contributed by atoms with E-state index in [0.29, 0.717) is 0 Å². The van der Waals surface area contributed by atoms with Crippen molar-refractivity contribution in [3.8, 4) is 11.1 Å². The van der Waals surface area contributed by atoms with Gasteiger partial charge in [-0.2, -0.15) is 0 Å². The van der Waals surface area contributed by atoms with Crippen molar-refractivity contribution in [3.63, 3.8) is 0 Å². The zero-order valence-electron chi connectivity index (χ0n) is 21.9. The van der Waals surface area contributed by atoms with Crippen molar-refractivity contribution in [2.24, 2.45) is 0 Å². The van der Waals surface area contributed by atoms with E-state index >= 15 is 0 Å². The average Bonchev–Trinajstić information content (AvgIpc) is 2.93. The van der Waals surface area contributed by atoms with E-state index in [1.54, 1.807) is 0 Å². The summed E-state index contributed by atoms with van der Waals surface area (Å²) in [6, 6.07) is 46.0. The van der Waals surface area contributed by atoms with Gasteiger partial charge in [0.05, 0.1) is 5.69 Å². The first kappa shape index (κ1) is 24.5. The Morgan fingerprint density at radius 1 is 0.526 bits per heavy atom. The molecule has 0 fully saturated rings. The molecule has 0 saturated heterocycles. The molecular formula is C36H30BrN. The topological polar surface area (TPSA) is 3.24 Å². The number of halogens is 1. The number of hydrogen-bond acceptors (Lipinski definition) is 1. The Bertz CT molecular complexity index is 1690. The van der Waals surface area contributed by atoms with E-state index in [9.17, 15) is 0 Å². The summed E-state index contributed by atoms with van der Waals surface area (Å²) in [5, 5.41) is 4.95. The lowest BCUT2D eigenvalue weighted by Crippen LogP contribution is -2.14. The van der Waals surface area contributed by atoms with Gasteiger partial charge < -0.3 is 4.90 Å². The molecule has 0 saturated carbocycles. The zero-order chi connectivity index (χ0) is 26.3. The third kappa shape index (κ3) is 4.40. The Labute approximate surface area is 233 Å². The third-order valence-corrected chi connectivity index (χ3v) is 7.74. The molecule has 0 radical (unpaired) electrons. The third-order valence-electron chi connectivity index (χ3n) is 7.25. The maximum absolute atomic E-state index is 3.73. The van der Waals surface area contributed by atoms with Gasteiger partial charge in [0.1, 0.15) is 0 Å². The molecule has 0 atom stereocenters. The highest BCUT2D eigenvalue weighted by Crippen LogP contribution is 2.48. The van der Waals surface area contributed by atoms with Crippen LogP contribution in [0.4, 0.5) is 17.1 Å². The molecule has 6 rings (SSSR count). The molecule has 0 aromatic heterocycles. The number of benzene rings is 6. The van der Waals surface area contributed by atoms with Gasteiger partial charge in [-0.15, -0.1) is 0 Å². The average molecular weight is 557 g/mol. The summed E-state index contributed by atoms with van der Waals surface area (Å²) >= 11 is 3.73. The highest BCUT2D eigenvalue weighted by molar-refractivity contribution is 9.10. The quantitative estimate of drug-likeness (QED) is 0.195. The molecule has 1 nitrogen and oxygen atoms in total. The Kier molecular flexibility index (Phi) is 6.29. The van der Waals surface area contributed by atoms with Gasteiger partial charge in [0.25, 0.3) is 0 Å². The molecule has 0 aliphatic heterocycles. The first-order valence-electron chi connectivity index (χ1n) is 13.1. The second-order valence-corrected chi connectivity index (χ2v) is 11.7. The minimum Gasteiger partial charge on any atom is -0.309 e. The van der Waals surface area contributed by atoms with Crippen LogP contribution in [0.15, 0.2) is 132 Å². The van der Waals surface area contributed by atoms with E-state index in [1.807, 2.05) is 0 Å². The summed E-state index contributed by atoms with van der Waals surface area (Å²) in [4.78, 5) is 2.41. The molecule has 0 amide bonds. The largest absolute Gasteiger partial charge is 0.309 e. The highest BCUT2D eigenvalue weighted by atomic mass is 79.9. The molecule has 0 bridgehead atoms. The zero-order valence-corrected chi connectivity index (χ0v) is 23.5. The van der Waals surface area contributed by atoms with Gasteiger partial charge in [0.2, 0.25) is 0 Å². The molecule has 2 heteroatoms. The van der Waals surface area contributed by atoms with Gasteiger partial charge in [-0.25, -0.2) is 0 Å². The summed E-state index contributed by atoms with van der Waals surface area (Å²) in [6.07, 6.45) is 0. The monoisotopic (exact) mass is 555 g/mol. The molecule has 0 unspecified atom stereocenters. The maximum Gasteiger partial charge on any atom is 0.0618 e. The van der Waals surface area contributed by atoms with Gasteiger partial charge in [0.15, 0.2) is 0 Å². The fourth-order valence-corrected chi connectivity index (χ4v) is 5.78. The minimum atomic E-state index is 0.0931. The van der Waals surface area contributed by atoms with E-state index in [-0.39, 0.29) is 5.41 Å². The normalized spacial score (nSPS) is 11.7. The molecule has 186 valence electrons. The Morgan fingerprint density at radius 3 is 1.63 bits per heavy atom. The van der Waals surface area contributed by atoms with Crippen LogP contribution in [0.1, 0.15) is 26.3 Å². The van der Waals surface area contributed by atoms with Crippen LogP contribution in [0.3, 0.4) is 0 Å². The first-order valence-corrected chi connectivity index (χ1v) is 13.9. The van der Waals surface area contributed by atoms with E-state index in [4.69, 9.17) is 0 Å². The van der Waals surface area contributed by atoms with Crippen molar-refractivity contribution >= 4 is 54.5 Å². The van der Waals surface area contributed by atoms with Crippen molar-refractivity contribution in [3.05, 3.63) is 137 Å². The van der Waals surface area contributed by atoms with Crippen LogP contribution in [0.2, 0.25) is 0 Å². The SMILES string of the molecule is CC(C)(C)c1ccc(N(c2cccc(Br)c2)c2c3ccccc3c(-c3ccccc3)c3ccccc23)cc1. The summed E-state index contributed by atoms with van der Waals surface area (Å²) in [7, 11) is 0. The number of anilines is 3. The second kappa shape index (κ2) is 9.78. The molecule has 0 aliphatic carbocycles. The number of hydrogen-bond donors (Lipinski definition) is 0. The Balaban J connectivity index is 1.72. The molecule has 0 spiro atoms. The second-order valence-electron chi connectivity index (χ2n) is 10.8. The van der Waals surface area contributed by atoms with Gasteiger partial charge in [-0.05, 0) is 63.2 Å². The number of fused-ring (bicyclic) bond motifs is 2.